The highest BCUT2D eigenvalue weighted by Gasteiger charge is 2.43. The first-order valence-electron chi connectivity index (χ1n) is 15.7. The molecule has 25 heteroatoms. The Balaban J connectivity index is 1.30. The molecule has 2 atom stereocenters. The molecule has 5 rings (SSSR count). The topological polar surface area (TPSA) is 310 Å². The minimum Gasteiger partial charge on any atom is -0.534 e. The zero-order valence-electron chi connectivity index (χ0n) is 27.7. The maximum absolute atomic E-state index is 14.2. The molecule has 3 aromatic rings. The molecule has 20 nitrogen and oxygen atoms in total. The van der Waals surface area contributed by atoms with Crippen molar-refractivity contribution in [1.29, 1.82) is 0 Å². The van der Waals surface area contributed by atoms with Gasteiger partial charge in [0, 0.05) is 6.54 Å². The fourth-order valence-corrected chi connectivity index (χ4v) is 7.64. The summed E-state index contributed by atoms with van der Waals surface area (Å²) < 4.78 is 57.6. The van der Waals surface area contributed by atoms with Crippen LogP contribution in [0.2, 0.25) is 5.02 Å². The highest BCUT2D eigenvalue weighted by atomic mass is 35.5. The van der Waals surface area contributed by atoms with Gasteiger partial charge in [0.25, 0.3) is 5.91 Å². The van der Waals surface area contributed by atoms with Crippen LogP contribution in [0.25, 0.3) is 0 Å². The summed E-state index contributed by atoms with van der Waals surface area (Å²) in [6, 6.07) is 3.77. The lowest BCUT2D eigenvalue weighted by Gasteiger charge is -2.30. The maximum Gasteiger partial charge on any atom is 0.547 e. The predicted octanol–water partition coefficient (Wildman–Crippen LogP) is -0.221. The van der Waals surface area contributed by atoms with Gasteiger partial charge in [-0.3, -0.25) is 14.2 Å². The van der Waals surface area contributed by atoms with Gasteiger partial charge in [0.05, 0.1) is 40.7 Å². The van der Waals surface area contributed by atoms with Crippen molar-refractivity contribution in [3.63, 3.8) is 0 Å². The van der Waals surface area contributed by atoms with Gasteiger partial charge in [-0.25, -0.2) is 36.4 Å². The molecule has 0 aromatic heterocycles. The fourth-order valence-electron chi connectivity index (χ4n) is 5.58. The lowest BCUT2D eigenvalue weighted by atomic mass is 9.72. The van der Waals surface area contributed by atoms with Crippen LogP contribution in [0.1, 0.15) is 37.9 Å². The lowest BCUT2D eigenvalue weighted by molar-refractivity contribution is -0.123. The number of nitrogens with one attached hydrogen (secondary N) is 3. The molecule has 2 heterocycles. The van der Waals surface area contributed by atoms with Crippen molar-refractivity contribution in [3.05, 3.63) is 81.6 Å². The Morgan fingerprint density at radius 1 is 1.05 bits per heavy atom. The summed E-state index contributed by atoms with van der Waals surface area (Å²) in [6.07, 6.45) is -0.289. The minimum atomic E-state index is -4.76. The van der Waals surface area contributed by atoms with E-state index in [1.807, 2.05) is 0 Å². The van der Waals surface area contributed by atoms with Crippen LogP contribution in [0, 0.1) is 5.82 Å². The molecule has 0 radical (unpaired) electrons. The number of amides is 6. The predicted molar refractivity (Wildman–Crippen MR) is 187 cm³/mol. The quantitative estimate of drug-likeness (QED) is 0.0686. The first-order valence-corrected chi connectivity index (χ1v) is 19.3. The Kier molecular flexibility index (Phi) is 11.6. The largest absolute Gasteiger partial charge is 0.547 e. The summed E-state index contributed by atoms with van der Waals surface area (Å²) >= 11 is 5.86. The number of carbonyl (C=O) groups is 5. The average molecular weight is 828 g/mol. The van der Waals surface area contributed by atoms with Gasteiger partial charge in [-0.2, -0.15) is 0 Å². The van der Waals surface area contributed by atoms with Crippen molar-refractivity contribution in [1.82, 2.24) is 25.2 Å². The van der Waals surface area contributed by atoms with E-state index in [0.717, 1.165) is 42.5 Å². The minimum absolute atomic E-state index is 0.0907. The van der Waals surface area contributed by atoms with E-state index in [4.69, 9.17) is 16.3 Å². The molecular weight excluding hydrogens is 799 g/mol. The van der Waals surface area contributed by atoms with Gasteiger partial charge in [0.1, 0.15) is 23.2 Å². The van der Waals surface area contributed by atoms with E-state index >= 15 is 0 Å². The molecule has 55 heavy (non-hydrogen) atoms. The molecule has 292 valence electrons. The molecule has 1 saturated heterocycles. The molecule has 0 spiro atoms. The number of aromatic hydroxyl groups is 2. The highest BCUT2D eigenvalue weighted by molar-refractivity contribution is 7.89. The zero-order chi connectivity index (χ0) is 40.6. The van der Waals surface area contributed by atoms with Crippen molar-refractivity contribution < 1.29 is 76.1 Å². The molecule has 0 aliphatic carbocycles. The summed E-state index contributed by atoms with van der Waals surface area (Å²) in [4.78, 5) is 83.9. The van der Waals surface area contributed by atoms with Gasteiger partial charge >= 0.3 is 32.7 Å². The van der Waals surface area contributed by atoms with Gasteiger partial charge in [0.2, 0.25) is 15.9 Å². The molecule has 0 bridgehead atoms. The molecular formula is C30H29BClFN5O15PS. The van der Waals surface area contributed by atoms with Crippen molar-refractivity contribution >= 4 is 71.5 Å². The first kappa shape index (κ1) is 40.7. The molecule has 1 fully saturated rings. The average Bonchev–Trinajstić information content (AvgIpc) is 3.51. The second kappa shape index (κ2) is 15.7. The number of hydrogen-bond acceptors (Lipinski definition) is 12. The van der Waals surface area contributed by atoms with Gasteiger partial charge in [-0.1, -0.05) is 29.8 Å². The van der Waals surface area contributed by atoms with Crippen LogP contribution in [0.5, 0.6) is 17.2 Å². The third kappa shape index (κ3) is 8.61. The molecule has 0 saturated carbocycles. The number of carbonyl (C=O) groups excluding carboxylic acids is 4. The number of carboxylic acids is 1. The molecule has 9 N–H and O–H groups in total. The number of urea groups is 2. The van der Waals surface area contributed by atoms with Crippen LogP contribution in [0.15, 0.2) is 48.5 Å². The van der Waals surface area contributed by atoms with Crippen molar-refractivity contribution in [3.8, 4) is 17.2 Å². The molecule has 2 aliphatic rings. The van der Waals surface area contributed by atoms with Crippen molar-refractivity contribution in [2.45, 2.75) is 18.4 Å². The van der Waals surface area contributed by atoms with Gasteiger partial charge in [-0.15, -0.1) is 0 Å². The molecule has 2 aliphatic heterocycles. The number of phenols is 2. The highest BCUT2D eigenvalue weighted by Crippen LogP contribution is 2.36. The Hall–Kier alpha value is -5.45. The number of benzene rings is 3. The Morgan fingerprint density at radius 2 is 1.73 bits per heavy atom. The van der Waals surface area contributed by atoms with E-state index in [1.54, 1.807) is 0 Å². The van der Waals surface area contributed by atoms with E-state index < -0.39 is 131 Å². The van der Waals surface area contributed by atoms with Crippen LogP contribution in [0.3, 0.4) is 0 Å². The molecule has 3 aromatic carbocycles. The maximum atomic E-state index is 14.2. The zero-order valence-corrected chi connectivity index (χ0v) is 30.2. The van der Waals surface area contributed by atoms with Gasteiger partial charge < -0.3 is 50.7 Å². The van der Waals surface area contributed by atoms with Crippen LogP contribution < -0.4 is 25.9 Å². The fraction of sp³-hybridized carbons (Fsp3) is 0.233. The summed E-state index contributed by atoms with van der Waals surface area (Å²) in [5.74, 6) is -8.84. The van der Waals surface area contributed by atoms with Crippen molar-refractivity contribution in [2.24, 2.45) is 0 Å². The smallest absolute Gasteiger partial charge is 0.534 e. The van der Waals surface area contributed by atoms with Crippen LogP contribution >= 0.6 is 19.2 Å². The van der Waals surface area contributed by atoms with E-state index in [9.17, 15) is 71.5 Å². The van der Waals surface area contributed by atoms with Gasteiger partial charge in [-0.05, 0) is 47.9 Å². The summed E-state index contributed by atoms with van der Waals surface area (Å²) in [5, 5.41) is 45.2. The second-order valence-electron chi connectivity index (χ2n) is 11.9. The standard InChI is InChI=1S/C30H29BClFN5O15PS/c32-22-17(6-8-19(39)24(22)40)26(41)34-9-12-55(51,52)38-11-10-37(30(38)46)29(45)36-23(14-1-4-16(5-2-14)54(48,49)50)27(42)35-20-13-15-3-7-18(33)21(28(43)44)25(15)53-31(20)47/h1-8,20,23,39-40,47H,9-13H2,(H,34,41)(H,35,42)(H,36,45)(H,43,44)(H2,48,49,50). The second-order valence-corrected chi connectivity index (χ2v) is 15.9. The summed E-state index contributed by atoms with van der Waals surface area (Å²) in [6.45, 7) is -1.59. The number of hydrogen-bond donors (Lipinski definition) is 9. The monoisotopic (exact) mass is 827 g/mol. The Morgan fingerprint density at radius 3 is 2.36 bits per heavy atom. The number of rotatable bonds is 11. The number of imide groups is 1. The van der Waals surface area contributed by atoms with Crippen LogP contribution in [-0.2, 0) is 25.8 Å². The first-order chi connectivity index (χ1) is 25.7. The van der Waals surface area contributed by atoms with E-state index in [1.165, 1.54) is 6.07 Å². The number of aromatic carboxylic acids is 1. The number of fused-ring (bicyclic) bond motifs is 1. The SMILES string of the molecule is O=C(NCCS(=O)(=O)N1CCN(C(=O)NC(C(=O)NC2Cc3ccc(F)c(C(=O)O)c3OB2O)c2ccc(P(=O)(O)O)cc2)C1=O)c1ccc(O)c(O)c1Cl. The van der Waals surface area contributed by atoms with E-state index in [-0.39, 0.29) is 23.1 Å². The normalized spacial score (nSPS) is 16.2. The number of nitrogens with zero attached hydrogens (tertiary/aromatic N) is 2. The van der Waals surface area contributed by atoms with E-state index in [2.05, 4.69) is 16.0 Å². The van der Waals surface area contributed by atoms with E-state index in [0.29, 0.717) is 9.21 Å². The van der Waals surface area contributed by atoms with Crippen molar-refractivity contribution in [2.75, 3.05) is 25.4 Å². The number of sulfonamides is 1. The van der Waals surface area contributed by atoms with Crippen LogP contribution in [-0.4, -0.2) is 116 Å². The van der Waals surface area contributed by atoms with Crippen LogP contribution in [0.4, 0.5) is 14.0 Å². The molecule has 2 unspecified atom stereocenters. The van der Waals surface area contributed by atoms with Gasteiger partial charge in [0.15, 0.2) is 11.5 Å². The number of phenolic OH excluding ortho intramolecular Hbond substituents is 2. The summed E-state index contributed by atoms with van der Waals surface area (Å²) in [5.41, 5.74) is -1.15. The third-order valence-electron chi connectivity index (χ3n) is 8.38. The summed E-state index contributed by atoms with van der Waals surface area (Å²) in [7, 11) is -11.2. The molecule has 6 amide bonds. The lowest BCUT2D eigenvalue weighted by Crippen LogP contribution is -2.56. The Bertz CT molecular complexity index is 2250. The number of halogens is 2. The number of carboxylic acid groups (broad SMARTS) is 1. The Labute approximate surface area is 314 Å². The third-order valence-corrected chi connectivity index (χ3v) is 11.5.